The van der Waals surface area contributed by atoms with Crippen molar-refractivity contribution in [2.75, 3.05) is 0 Å². The average Bonchev–Trinajstić information content (AvgIpc) is 2.26. The second-order valence-corrected chi connectivity index (χ2v) is 5.58. The van der Waals surface area contributed by atoms with Crippen molar-refractivity contribution in [1.29, 1.82) is 0 Å². The Morgan fingerprint density at radius 3 is 1.80 bits per heavy atom. The van der Waals surface area contributed by atoms with Gasteiger partial charge in [-0.05, 0) is 11.8 Å². The molecule has 1 saturated carbocycles. The van der Waals surface area contributed by atoms with E-state index in [1.807, 2.05) is 0 Å². The van der Waals surface area contributed by atoms with Crippen LogP contribution in [0, 0.1) is 11.8 Å². The van der Waals surface area contributed by atoms with Gasteiger partial charge in [0.15, 0.2) is 0 Å². The summed E-state index contributed by atoms with van der Waals surface area (Å²) in [6.45, 7) is 4.82. The summed E-state index contributed by atoms with van der Waals surface area (Å²) < 4.78 is 0. The van der Waals surface area contributed by atoms with E-state index in [1.54, 1.807) is 0 Å². The van der Waals surface area contributed by atoms with Crippen LogP contribution >= 0.6 is 0 Å². The van der Waals surface area contributed by atoms with Gasteiger partial charge < -0.3 is 0 Å². The van der Waals surface area contributed by atoms with Crippen LogP contribution in [0.15, 0.2) is 0 Å². The predicted molar refractivity (Wildman–Crippen MR) is 69.1 cm³/mol. The average molecular weight is 210 g/mol. The Labute approximate surface area is 96.8 Å². The van der Waals surface area contributed by atoms with Gasteiger partial charge in [0.2, 0.25) is 0 Å². The van der Waals surface area contributed by atoms with Crippen molar-refractivity contribution < 1.29 is 0 Å². The van der Waals surface area contributed by atoms with Crippen molar-refractivity contribution in [2.45, 2.75) is 84.5 Å². The van der Waals surface area contributed by atoms with E-state index in [1.165, 1.54) is 70.6 Å². The van der Waals surface area contributed by atoms with E-state index in [2.05, 4.69) is 13.8 Å². The lowest BCUT2D eigenvalue weighted by Gasteiger charge is -2.24. The van der Waals surface area contributed by atoms with E-state index in [-0.39, 0.29) is 0 Å². The van der Waals surface area contributed by atoms with Gasteiger partial charge in [0.05, 0.1) is 0 Å². The lowest BCUT2D eigenvalue weighted by atomic mass is 9.81. The predicted octanol–water partition coefficient (Wildman–Crippen LogP) is 5.56. The summed E-state index contributed by atoms with van der Waals surface area (Å²) in [5, 5.41) is 0. The van der Waals surface area contributed by atoms with Gasteiger partial charge in [0.1, 0.15) is 0 Å². The van der Waals surface area contributed by atoms with Crippen molar-refractivity contribution in [2.24, 2.45) is 11.8 Å². The van der Waals surface area contributed by atoms with E-state index in [4.69, 9.17) is 0 Å². The molecular formula is C15H30. The molecule has 0 amide bonds. The molecule has 15 heavy (non-hydrogen) atoms. The van der Waals surface area contributed by atoms with Crippen LogP contribution in [0.2, 0.25) is 0 Å². The Morgan fingerprint density at radius 1 is 0.867 bits per heavy atom. The normalized spacial score (nSPS) is 23.6. The minimum atomic E-state index is 0.981. The highest BCUT2D eigenvalue weighted by Crippen LogP contribution is 2.29. The monoisotopic (exact) mass is 210 g/mol. The van der Waals surface area contributed by atoms with Crippen molar-refractivity contribution >= 4 is 0 Å². The maximum Gasteiger partial charge on any atom is -0.0388 e. The fourth-order valence-corrected chi connectivity index (χ4v) is 3.10. The van der Waals surface area contributed by atoms with E-state index < -0.39 is 0 Å². The molecular weight excluding hydrogens is 180 g/mol. The molecule has 0 aliphatic heterocycles. The van der Waals surface area contributed by atoms with Gasteiger partial charge in [-0.25, -0.2) is 0 Å². The molecule has 1 unspecified atom stereocenters. The maximum atomic E-state index is 2.49. The summed E-state index contributed by atoms with van der Waals surface area (Å²) in [7, 11) is 0. The molecule has 1 rings (SSSR count). The Hall–Kier alpha value is 0. The number of hydrogen-bond donors (Lipinski definition) is 0. The van der Waals surface area contributed by atoms with Gasteiger partial charge in [-0.15, -0.1) is 0 Å². The molecule has 0 radical (unpaired) electrons. The second kappa shape index (κ2) is 8.19. The van der Waals surface area contributed by atoms with E-state index in [0.29, 0.717) is 0 Å². The van der Waals surface area contributed by atoms with Gasteiger partial charge in [-0.2, -0.15) is 0 Å². The van der Waals surface area contributed by atoms with Gasteiger partial charge in [0, 0.05) is 0 Å². The van der Waals surface area contributed by atoms with Crippen molar-refractivity contribution in [3.63, 3.8) is 0 Å². The molecule has 0 saturated heterocycles. The fraction of sp³-hybridized carbons (Fsp3) is 1.00. The lowest BCUT2D eigenvalue weighted by molar-refractivity contribution is 0.274. The SMILES string of the molecule is CCCC(C)C1CCCCCCCCC1. The van der Waals surface area contributed by atoms with Crippen molar-refractivity contribution in [3.8, 4) is 0 Å². The second-order valence-electron chi connectivity index (χ2n) is 5.58. The molecule has 90 valence electrons. The third-order valence-corrected chi connectivity index (χ3v) is 4.20. The van der Waals surface area contributed by atoms with Crippen LogP contribution in [-0.4, -0.2) is 0 Å². The molecule has 0 nitrogen and oxygen atoms in total. The zero-order chi connectivity index (χ0) is 10.9. The smallest absolute Gasteiger partial charge is 0.0388 e. The van der Waals surface area contributed by atoms with E-state index in [0.717, 1.165) is 11.8 Å². The van der Waals surface area contributed by atoms with Gasteiger partial charge in [-0.1, -0.05) is 84.5 Å². The van der Waals surface area contributed by atoms with Crippen LogP contribution in [0.25, 0.3) is 0 Å². The maximum absolute atomic E-state index is 2.49. The van der Waals surface area contributed by atoms with Crippen molar-refractivity contribution in [3.05, 3.63) is 0 Å². The first-order valence-corrected chi connectivity index (χ1v) is 7.34. The molecule has 1 atom stereocenters. The lowest BCUT2D eigenvalue weighted by Crippen LogP contribution is -2.12. The summed E-state index contributed by atoms with van der Waals surface area (Å²) in [6.07, 6.45) is 16.3. The minimum Gasteiger partial charge on any atom is -0.0654 e. The first-order valence-electron chi connectivity index (χ1n) is 7.34. The molecule has 1 aliphatic rings. The van der Waals surface area contributed by atoms with Crippen LogP contribution in [0.3, 0.4) is 0 Å². The quantitative estimate of drug-likeness (QED) is 0.572. The highest BCUT2D eigenvalue weighted by Gasteiger charge is 2.16. The number of rotatable bonds is 3. The molecule has 0 aromatic carbocycles. The topological polar surface area (TPSA) is 0 Å². The van der Waals surface area contributed by atoms with E-state index in [9.17, 15) is 0 Å². The highest BCUT2D eigenvalue weighted by atomic mass is 14.2. The zero-order valence-corrected chi connectivity index (χ0v) is 10.9. The summed E-state index contributed by atoms with van der Waals surface area (Å²) in [4.78, 5) is 0. The zero-order valence-electron chi connectivity index (χ0n) is 10.9. The third kappa shape index (κ3) is 5.58. The standard InChI is InChI=1S/C15H30/c1-3-11-14(2)15-12-9-7-5-4-6-8-10-13-15/h14-15H,3-13H2,1-2H3. The largest absolute Gasteiger partial charge is 0.0654 e. The van der Waals surface area contributed by atoms with E-state index >= 15 is 0 Å². The van der Waals surface area contributed by atoms with Crippen LogP contribution in [-0.2, 0) is 0 Å². The minimum absolute atomic E-state index is 0.981. The molecule has 1 fully saturated rings. The van der Waals surface area contributed by atoms with Crippen LogP contribution in [0.1, 0.15) is 84.5 Å². The first-order chi connectivity index (χ1) is 7.34. The van der Waals surface area contributed by atoms with Gasteiger partial charge in [0.25, 0.3) is 0 Å². The summed E-state index contributed by atoms with van der Waals surface area (Å²) in [6, 6.07) is 0. The summed E-state index contributed by atoms with van der Waals surface area (Å²) in [5.41, 5.74) is 0. The van der Waals surface area contributed by atoms with Crippen LogP contribution < -0.4 is 0 Å². The summed E-state index contributed by atoms with van der Waals surface area (Å²) >= 11 is 0. The van der Waals surface area contributed by atoms with Gasteiger partial charge in [-0.3, -0.25) is 0 Å². The Morgan fingerprint density at radius 2 is 1.33 bits per heavy atom. The fourth-order valence-electron chi connectivity index (χ4n) is 3.10. The molecule has 0 N–H and O–H groups in total. The molecule has 0 spiro atoms. The van der Waals surface area contributed by atoms with Crippen LogP contribution in [0.4, 0.5) is 0 Å². The van der Waals surface area contributed by atoms with Gasteiger partial charge >= 0.3 is 0 Å². The molecule has 0 heteroatoms. The number of hydrogen-bond acceptors (Lipinski definition) is 0. The summed E-state index contributed by atoms with van der Waals surface area (Å²) in [5.74, 6) is 2.03. The highest BCUT2D eigenvalue weighted by molar-refractivity contribution is 4.68. The molecule has 0 aromatic rings. The first kappa shape index (κ1) is 13.1. The Kier molecular flexibility index (Phi) is 7.13. The molecule has 1 aliphatic carbocycles. The molecule has 0 aromatic heterocycles. The Balaban J connectivity index is 2.30. The molecule has 0 heterocycles. The van der Waals surface area contributed by atoms with Crippen LogP contribution in [0.5, 0.6) is 0 Å². The van der Waals surface area contributed by atoms with Crippen molar-refractivity contribution in [1.82, 2.24) is 0 Å². The molecule has 0 bridgehead atoms. The third-order valence-electron chi connectivity index (χ3n) is 4.20. The Bertz CT molecular complexity index is 129.